The lowest BCUT2D eigenvalue weighted by molar-refractivity contribution is -0.114. The van der Waals surface area contributed by atoms with Crippen LogP contribution >= 0.6 is 0 Å². The summed E-state index contributed by atoms with van der Waals surface area (Å²) in [5.74, 6) is -0.655. The fraction of sp³-hybridized carbons (Fsp3) is 0. The Morgan fingerprint density at radius 2 is 2.05 bits per heavy atom. The molecule has 0 aliphatic heterocycles. The van der Waals surface area contributed by atoms with E-state index in [9.17, 15) is 4.79 Å². The van der Waals surface area contributed by atoms with Crippen LogP contribution in [0.3, 0.4) is 0 Å². The number of aromatic amines is 1. The van der Waals surface area contributed by atoms with Gasteiger partial charge in [-0.2, -0.15) is 0 Å². The van der Waals surface area contributed by atoms with Gasteiger partial charge in [0.15, 0.2) is 5.65 Å². The van der Waals surface area contributed by atoms with Gasteiger partial charge in [0.1, 0.15) is 17.5 Å². The summed E-state index contributed by atoms with van der Waals surface area (Å²) >= 11 is 0. The minimum atomic E-state index is -0.655. The third-order valence-electron chi connectivity index (χ3n) is 2.98. The zero-order valence-corrected chi connectivity index (χ0v) is 10.9. The van der Waals surface area contributed by atoms with Gasteiger partial charge in [0.2, 0.25) is 0 Å². The molecule has 3 rings (SSSR count). The van der Waals surface area contributed by atoms with Crippen LogP contribution in [-0.4, -0.2) is 25.8 Å². The number of imidazole rings is 1. The minimum Gasteiger partial charge on any atom is -0.394 e. The molecule has 1 amide bonds. The molecule has 0 saturated heterocycles. The van der Waals surface area contributed by atoms with Crippen molar-refractivity contribution in [3.8, 4) is 11.3 Å². The number of amides is 1. The maximum atomic E-state index is 11.0. The molecule has 7 heteroatoms. The number of nitrogens with two attached hydrogens (primary N) is 2. The third kappa shape index (κ3) is 2.44. The van der Waals surface area contributed by atoms with Crippen molar-refractivity contribution in [3.63, 3.8) is 0 Å². The van der Waals surface area contributed by atoms with Crippen molar-refractivity contribution >= 4 is 23.1 Å². The Morgan fingerprint density at radius 3 is 2.86 bits per heavy atom. The van der Waals surface area contributed by atoms with Crippen LogP contribution in [0.25, 0.3) is 28.5 Å². The molecular formula is C14H12N6O. The Balaban J connectivity index is 2.10. The lowest BCUT2D eigenvalue weighted by atomic mass is 10.1. The molecule has 21 heavy (non-hydrogen) atoms. The number of hydrogen-bond acceptors (Lipinski definition) is 5. The molecule has 0 aliphatic rings. The van der Waals surface area contributed by atoms with Crippen molar-refractivity contribution in [3.05, 3.63) is 48.2 Å². The number of fused-ring (bicyclic) bond motifs is 1. The summed E-state index contributed by atoms with van der Waals surface area (Å²) in [6.45, 7) is 0. The Hall–Kier alpha value is -3.22. The molecule has 2 aromatic heterocycles. The fourth-order valence-electron chi connectivity index (χ4n) is 2.00. The monoisotopic (exact) mass is 280 g/mol. The van der Waals surface area contributed by atoms with E-state index in [4.69, 9.17) is 11.5 Å². The Bertz CT molecular complexity index is 851. The second kappa shape index (κ2) is 5.04. The van der Waals surface area contributed by atoms with E-state index in [2.05, 4.69) is 19.9 Å². The molecule has 0 radical (unpaired) electrons. The van der Waals surface area contributed by atoms with Gasteiger partial charge in [-0.3, -0.25) is 4.79 Å². The van der Waals surface area contributed by atoms with Gasteiger partial charge in [-0.15, -0.1) is 0 Å². The van der Waals surface area contributed by atoms with E-state index in [0.717, 1.165) is 11.1 Å². The van der Waals surface area contributed by atoms with Gasteiger partial charge < -0.3 is 16.5 Å². The lowest BCUT2D eigenvalue weighted by Crippen LogP contribution is -2.19. The van der Waals surface area contributed by atoms with Crippen LogP contribution in [0.1, 0.15) is 5.56 Å². The first-order chi connectivity index (χ1) is 10.1. The summed E-state index contributed by atoms with van der Waals surface area (Å²) in [7, 11) is 0. The van der Waals surface area contributed by atoms with Crippen LogP contribution in [-0.2, 0) is 4.79 Å². The van der Waals surface area contributed by atoms with Gasteiger partial charge in [-0.05, 0) is 17.7 Å². The summed E-state index contributed by atoms with van der Waals surface area (Å²) in [4.78, 5) is 26.5. The largest absolute Gasteiger partial charge is 0.394 e. The predicted molar refractivity (Wildman–Crippen MR) is 78.5 cm³/mol. The molecule has 0 bridgehead atoms. The van der Waals surface area contributed by atoms with Gasteiger partial charge in [-0.1, -0.05) is 18.2 Å². The lowest BCUT2D eigenvalue weighted by Gasteiger charge is -2.03. The first-order valence-corrected chi connectivity index (χ1v) is 6.16. The predicted octanol–water partition coefficient (Wildman–Crippen LogP) is 0.805. The minimum absolute atomic E-state index is 0.000228. The number of aromatic nitrogens is 4. The molecular weight excluding hydrogens is 268 g/mol. The molecule has 1 aromatic carbocycles. The molecule has 104 valence electrons. The molecule has 0 aliphatic carbocycles. The van der Waals surface area contributed by atoms with Crippen molar-refractivity contribution in [2.24, 2.45) is 11.5 Å². The molecule has 0 spiro atoms. The summed E-state index contributed by atoms with van der Waals surface area (Å²) in [5, 5.41) is 0. The zero-order valence-electron chi connectivity index (χ0n) is 10.9. The number of rotatable bonds is 3. The van der Waals surface area contributed by atoms with Gasteiger partial charge in [0, 0.05) is 5.56 Å². The van der Waals surface area contributed by atoms with E-state index in [1.807, 2.05) is 24.3 Å². The standard InChI is InChI=1S/C14H12N6O/c15-10(13(16)21)5-8-2-1-3-9(4-8)11-12-14(19-6-17-11)20-7-18-12/h1-7H,15H2,(H2,16,21)(H,17,18,19,20)/b10-5-. The van der Waals surface area contributed by atoms with Crippen molar-refractivity contribution in [2.75, 3.05) is 0 Å². The van der Waals surface area contributed by atoms with E-state index in [1.54, 1.807) is 6.33 Å². The smallest absolute Gasteiger partial charge is 0.264 e. The molecule has 3 aromatic rings. The van der Waals surface area contributed by atoms with Crippen LogP contribution < -0.4 is 11.5 Å². The van der Waals surface area contributed by atoms with E-state index in [-0.39, 0.29) is 5.70 Å². The number of hydrogen-bond donors (Lipinski definition) is 3. The number of H-pyrrole nitrogens is 1. The number of carbonyl (C=O) groups is 1. The number of nitrogens with one attached hydrogen (secondary N) is 1. The van der Waals surface area contributed by atoms with Crippen molar-refractivity contribution in [1.29, 1.82) is 0 Å². The maximum Gasteiger partial charge on any atom is 0.264 e. The molecule has 0 unspecified atom stereocenters. The highest BCUT2D eigenvalue weighted by Crippen LogP contribution is 2.24. The Morgan fingerprint density at radius 1 is 1.19 bits per heavy atom. The molecule has 0 fully saturated rings. The molecule has 0 atom stereocenters. The Kier molecular flexibility index (Phi) is 3.07. The number of carbonyl (C=O) groups excluding carboxylic acids is 1. The van der Waals surface area contributed by atoms with Crippen LogP contribution in [0.5, 0.6) is 0 Å². The zero-order chi connectivity index (χ0) is 14.8. The van der Waals surface area contributed by atoms with E-state index in [0.29, 0.717) is 16.9 Å². The average molecular weight is 280 g/mol. The highest BCUT2D eigenvalue weighted by atomic mass is 16.1. The summed E-state index contributed by atoms with van der Waals surface area (Å²) < 4.78 is 0. The van der Waals surface area contributed by atoms with Crippen molar-refractivity contribution in [2.45, 2.75) is 0 Å². The van der Waals surface area contributed by atoms with Crippen LogP contribution in [0.15, 0.2) is 42.6 Å². The van der Waals surface area contributed by atoms with Gasteiger partial charge in [0.05, 0.1) is 12.0 Å². The van der Waals surface area contributed by atoms with Gasteiger partial charge in [-0.25, -0.2) is 15.0 Å². The SMILES string of the molecule is NC(=O)/C(N)=C/c1cccc(-c2ncnc3[nH]cnc23)c1. The number of primary amides is 1. The molecule has 2 heterocycles. The maximum absolute atomic E-state index is 11.0. The van der Waals surface area contributed by atoms with Crippen molar-refractivity contribution < 1.29 is 4.79 Å². The second-order valence-electron chi connectivity index (χ2n) is 4.41. The highest BCUT2D eigenvalue weighted by Gasteiger charge is 2.09. The molecule has 0 saturated carbocycles. The van der Waals surface area contributed by atoms with Crippen molar-refractivity contribution in [1.82, 2.24) is 19.9 Å². The fourth-order valence-corrected chi connectivity index (χ4v) is 2.00. The molecule has 7 nitrogen and oxygen atoms in total. The topological polar surface area (TPSA) is 124 Å². The van der Waals surface area contributed by atoms with Gasteiger partial charge >= 0.3 is 0 Å². The quantitative estimate of drug-likeness (QED) is 0.612. The van der Waals surface area contributed by atoms with E-state index >= 15 is 0 Å². The first-order valence-electron chi connectivity index (χ1n) is 6.16. The van der Waals surface area contributed by atoms with Crippen LogP contribution in [0.2, 0.25) is 0 Å². The van der Waals surface area contributed by atoms with Crippen LogP contribution in [0, 0.1) is 0 Å². The summed E-state index contributed by atoms with van der Waals surface area (Å²) in [6, 6.07) is 7.42. The van der Waals surface area contributed by atoms with Crippen LogP contribution in [0.4, 0.5) is 0 Å². The van der Waals surface area contributed by atoms with Gasteiger partial charge in [0.25, 0.3) is 5.91 Å². The summed E-state index contributed by atoms with van der Waals surface area (Å²) in [5.41, 5.74) is 14.3. The first kappa shape index (κ1) is 12.8. The van der Waals surface area contributed by atoms with E-state index in [1.165, 1.54) is 12.4 Å². The number of nitrogens with zero attached hydrogens (tertiary/aromatic N) is 3. The average Bonchev–Trinajstić information content (AvgIpc) is 2.95. The van der Waals surface area contributed by atoms with E-state index < -0.39 is 5.91 Å². The normalized spacial score (nSPS) is 11.7. The third-order valence-corrected chi connectivity index (χ3v) is 2.98. The number of benzene rings is 1. The Labute approximate surface area is 119 Å². The molecule has 5 N–H and O–H groups in total. The second-order valence-corrected chi connectivity index (χ2v) is 4.41. The summed E-state index contributed by atoms with van der Waals surface area (Å²) in [6.07, 6.45) is 4.56. The highest BCUT2D eigenvalue weighted by molar-refractivity contribution is 5.96.